The maximum atomic E-state index is 12.4. The van der Waals surface area contributed by atoms with Crippen LogP contribution < -0.4 is 5.73 Å². The molecule has 1 amide bonds. The maximum Gasteiger partial charge on any atom is 0.227 e. The van der Waals surface area contributed by atoms with Gasteiger partial charge < -0.3 is 15.4 Å². The summed E-state index contributed by atoms with van der Waals surface area (Å²) in [7, 11) is 0. The normalized spacial score (nSPS) is 19.5. The number of benzene rings is 1. The third-order valence-corrected chi connectivity index (χ3v) is 3.49. The Bertz CT molecular complexity index is 432. The van der Waals surface area contributed by atoms with Gasteiger partial charge in [0.2, 0.25) is 5.91 Å². The van der Waals surface area contributed by atoms with Crippen LogP contribution in [0.25, 0.3) is 0 Å². The first kappa shape index (κ1) is 14.0. The molecule has 4 heteroatoms. The Morgan fingerprint density at radius 1 is 1.53 bits per heavy atom. The zero-order chi connectivity index (χ0) is 13.7. The largest absolute Gasteiger partial charge is 0.377 e. The summed E-state index contributed by atoms with van der Waals surface area (Å²) in [5, 5.41) is 0. The second-order valence-corrected chi connectivity index (χ2v) is 5.06. The number of aryl methyl sites for hydroxylation is 1. The maximum absolute atomic E-state index is 12.4. The molecule has 2 rings (SSSR count). The third-order valence-electron chi connectivity index (χ3n) is 3.49. The van der Waals surface area contributed by atoms with E-state index >= 15 is 0 Å². The Hall–Kier alpha value is -1.39. The Balaban J connectivity index is 2.01. The van der Waals surface area contributed by atoms with Gasteiger partial charge in [-0.3, -0.25) is 4.79 Å². The highest BCUT2D eigenvalue weighted by Crippen LogP contribution is 2.13. The van der Waals surface area contributed by atoms with Crippen molar-refractivity contribution in [2.75, 3.05) is 26.3 Å². The van der Waals surface area contributed by atoms with Crippen molar-refractivity contribution >= 4 is 5.91 Å². The van der Waals surface area contributed by atoms with Gasteiger partial charge in [-0.15, -0.1) is 0 Å². The van der Waals surface area contributed by atoms with Crippen LogP contribution in [0.1, 0.15) is 17.5 Å². The van der Waals surface area contributed by atoms with E-state index in [-0.39, 0.29) is 11.9 Å². The molecule has 1 aliphatic heterocycles. The van der Waals surface area contributed by atoms with Gasteiger partial charge in [0.25, 0.3) is 0 Å². The van der Waals surface area contributed by atoms with Crippen LogP contribution in [0.3, 0.4) is 0 Å². The minimum Gasteiger partial charge on any atom is -0.377 e. The number of nitrogens with zero attached hydrogens (tertiary/aromatic N) is 1. The van der Waals surface area contributed by atoms with Crippen LogP contribution in [0.15, 0.2) is 24.3 Å². The first-order valence-electron chi connectivity index (χ1n) is 6.83. The molecule has 0 aliphatic carbocycles. The molecule has 2 N–H and O–H groups in total. The van der Waals surface area contributed by atoms with E-state index in [2.05, 4.69) is 6.07 Å². The number of amides is 1. The highest BCUT2D eigenvalue weighted by molar-refractivity contribution is 5.79. The van der Waals surface area contributed by atoms with E-state index in [1.54, 1.807) is 0 Å². The monoisotopic (exact) mass is 262 g/mol. The van der Waals surface area contributed by atoms with E-state index in [4.69, 9.17) is 10.5 Å². The lowest BCUT2D eigenvalue weighted by Crippen LogP contribution is -2.50. The zero-order valence-corrected chi connectivity index (χ0v) is 11.5. The van der Waals surface area contributed by atoms with E-state index in [1.165, 1.54) is 5.56 Å². The zero-order valence-electron chi connectivity index (χ0n) is 11.5. The number of rotatable bonds is 4. The summed E-state index contributed by atoms with van der Waals surface area (Å²) in [5.74, 6) is 0.173. The van der Waals surface area contributed by atoms with Crippen molar-refractivity contribution in [1.82, 2.24) is 4.90 Å². The first-order valence-corrected chi connectivity index (χ1v) is 6.83. The number of carbonyl (C=O) groups is 1. The molecule has 0 saturated carbocycles. The summed E-state index contributed by atoms with van der Waals surface area (Å²) in [4.78, 5) is 14.3. The number of morpholine rings is 1. The number of hydrogen-bond donors (Lipinski definition) is 1. The van der Waals surface area contributed by atoms with Crippen LogP contribution in [0.2, 0.25) is 0 Å². The molecule has 1 atom stereocenters. The van der Waals surface area contributed by atoms with Crippen molar-refractivity contribution in [2.45, 2.75) is 25.8 Å². The van der Waals surface area contributed by atoms with E-state index in [9.17, 15) is 4.79 Å². The summed E-state index contributed by atoms with van der Waals surface area (Å²) in [5.41, 5.74) is 7.86. The van der Waals surface area contributed by atoms with Gasteiger partial charge in [-0.25, -0.2) is 0 Å². The van der Waals surface area contributed by atoms with Gasteiger partial charge in [-0.2, -0.15) is 0 Å². The molecular weight excluding hydrogens is 240 g/mol. The summed E-state index contributed by atoms with van der Waals surface area (Å²) >= 11 is 0. The molecule has 1 fully saturated rings. The average Bonchev–Trinajstić information content (AvgIpc) is 2.39. The molecule has 0 bridgehead atoms. The first-order chi connectivity index (χ1) is 9.20. The van der Waals surface area contributed by atoms with E-state index in [1.807, 2.05) is 30.0 Å². The minimum absolute atomic E-state index is 0.135. The second-order valence-electron chi connectivity index (χ2n) is 5.06. The van der Waals surface area contributed by atoms with Crippen molar-refractivity contribution in [3.05, 3.63) is 35.4 Å². The van der Waals surface area contributed by atoms with Gasteiger partial charge in [0.15, 0.2) is 0 Å². The molecule has 0 radical (unpaired) electrons. The number of nitrogens with two attached hydrogens (primary N) is 1. The number of carbonyl (C=O) groups excluding carboxylic acids is 1. The standard InChI is InChI=1S/C15H22N2O2/c1-12-3-2-4-13(9-12)10-15(18)17-7-8-19-11-14(17)5-6-16/h2-4,9,14H,5-8,10-11,16H2,1H3. The highest BCUT2D eigenvalue weighted by Gasteiger charge is 2.26. The molecule has 4 nitrogen and oxygen atoms in total. The van der Waals surface area contributed by atoms with Gasteiger partial charge in [0.1, 0.15) is 0 Å². The molecular formula is C15H22N2O2. The fourth-order valence-electron chi connectivity index (χ4n) is 2.51. The van der Waals surface area contributed by atoms with E-state index in [0.717, 1.165) is 12.0 Å². The van der Waals surface area contributed by atoms with Crippen molar-refractivity contribution in [3.63, 3.8) is 0 Å². The summed E-state index contributed by atoms with van der Waals surface area (Å²) in [6, 6.07) is 8.24. The van der Waals surface area contributed by atoms with Crippen molar-refractivity contribution in [2.24, 2.45) is 5.73 Å². The van der Waals surface area contributed by atoms with Crippen molar-refractivity contribution < 1.29 is 9.53 Å². The average molecular weight is 262 g/mol. The third kappa shape index (κ3) is 3.78. The molecule has 1 aliphatic rings. The van der Waals surface area contributed by atoms with Crippen molar-refractivity contribution in [3.8, 4) is 0 Å². The predicted molar refractivity (Wildman–Crippen MR) is 74.9 cm³/mol. The molecule has 1 aromatic rings. The lowest BCUT2D eigenvalue weighted by atomic mass is 10.1. The fraction of sp³-hybridized carbons (Fsp3) is 0.533. The van der Waals surface area contributed by atoms with Crippen LogP contribution in [-0.2, 0) is 16.0 Å². The molecule has 1 heterocycles. The Labute approximate surface area is 114 Å². The molecule has 19 heavy (non-hydrogen) atoms. The lowest BCUT2D eigenvalue weighted by Gasteiger charge is -2.35. The van der Waals surface area contributed by atoms with Gasteiger partial charge in [0.05, 0.1) is 25.7 Å². The molecule has 1 saturated heterocycles. The number of ether oxygens (including phenoxy) is 1. The predicted octanol–water partition coefficient (Wildman–Crippen LogP) is 1.11. The molecule has 1 aromatic carbocycles. The van der Waals surface area contributed by atoms with Gasteiger partial charge in [-0.1, -0.05) is 29.8 Å². The van der Waals surface area contributed by atoms with Crippen LogP contribution in [0.4, 0.5) is 0 Å². The summed E-state index contributed by atoms with van der Waals surface area (Å²) in [6.45, 7) is 4.54. The lowest BCUT2D eigenvalue weighted by molar-refractivity contribution is -0.139. The van der Waals surface area contributed by atoms with Gasteiger partial charge in [-0.05, 0) is 25.5 Å². The highest BCUT2D eigenvalue weighted by atomic mass is 16.5. The van der Waals surface area contributed by atoms with Crippen LogP contribution in [0.5, 0.6) is 0 Å². The van der Waals surface area contributed by atoms with Crippen LogP contribution in [0, 0.1) is 6.92 Å². The molecule has 104 valence electrons. The second kappa shape index (κ2) is 6.68. The fourth-order valence-corrected chi connectivity index (χ4v) is 2.51. The Kier molecular flexibility index (Phi) is 4.93. The topological polar surface area (TPSA) is 55.6 Å². The van der Waals surface area contributed by atoms with E-state index < -0.39 is 0 Å². The molecule has 0 aromatic heterocycles. The Morgan fingerprint density at radius 3 is 3.11 bits per heavy atom. The summed E-state index contributed by atoms with van der Waals surface area (Å²) < 4.78 is 5.43. The van der Waals surface area contributed by atoms with Gasteiger partial charge >= 0.3 is 0 Å². The van der Waals surface area contributed by atoms with Crippen molar-refractivity contribution in [1.29, 1.82) is 0 Å². The van der Waals surface area contributed by atoms with Crippen LogP contribution >= 0.6 is 0 Å². The smallest absolute Gasteiger partial charge is 0.227 e. The minimum atomic E-state index is 0.135. The van der Waals surface area contributed by atoms with Gasteiger partial charge in [0, 0.05) is 6.54 Å². The SMILES string of the molecule is Cc1cccc(CC(=O)N2CCOCC2CCN)c1. The van der Waals surface area contributed by atoms with E-state index in [0.29, 0.717) is 32.7 Å². The molecule has 0 spiro atoms. The quantitative estimate of drug-likeness (QED) is 0.884. The molecule has 1 unspecified atom stereocenters. The Morgan fingerprint density at radius 2 is 2.37 bits per heavy atom. The number of hydrogen-bond acceptors (Lipinski definition) is 3. The van der Waals surface area contributed by atoms with Crippen LogP contribution in [-0.4, -0.2) is 43.2 Å². The summed E-state index contributed by atoms with van der Waals surface area (Å²) in [6.07, 6.45) is 1.27.